The zero-order valence-corrected chi connectivity index (χ0v) is 5.35. The zero-order valence-electron chi connectivity index (χ0n) is 5.35. The SMILES string of the molecule is C=C.CC(C)C(=O)O. The van der Waals surface area contributed by atoms with Crippen molar-refractivity contribution in [2.45, 2.75) is 13.8 Å². The molecule has 0 heterocycles. The fourth-order valence-corrected chi connectivity index (χ4v) is 0. The standard InChI is InChI=1S/C4H8O2.C2H4/c1-3(2)4(5)6;1-2/h3H,1-2H3,(H,5,6);1-2H2. The molecule has 0 saturated heterocycles. The van der Waals surface area contributed by atoms with Crippen LogP contribution in [0, 0.1) is 5.92 Å². The molecule has 0 bridgehead atoms. The van der Waals surface area contributed by atoms with Crippen molar-refractivity contribution in [3.63, 3.8) is 0 Å². The molecule has 8 heavy (non-hydrogen) atoms. The molecule has 0 fully saturated rings. The Morgan fingerprint density at radius 2 is 1.62 bits per heavy atom. The Labute approximate surface area is 49.8 Å². The fourth-order valence-electron chi connectivity index (χ4n) is 0. The number of carboxylic acids is 1. The highest BCUT2D eigenvalue weighted by atomic mass is 16.4. The maximum Gasteiger partial charge on any atom is 0.305 e. The Balaban J connectivity index is 0. The molecule has 0 amide bonds. The van der Waals surface area contributed by atoms with Gasteiger partial charge >= 0.3 is 5.97 Å². The van der Waals surface area contributed by atoms with E-state index in [9.17, 15) is 4.79 Å². The topological polar surface area (TPSA) is 37.3 Å². The monoisotopic (exact) mass is 116 g/mol. The minimum Gasteiger partial charge on any atom is -0.481 e. The third-order valence-corrected chi connectivity index (χ3v) is 0.494. The van der Waals surface area contributed by atoms with Crippen molar-refractivity contribution in [3.8, 4) is 0 Å². The molecule has 0 aliphatic carbocycles. The second kappa shape index (κ2) is 6.21. The molecule has 0 aliphatic rings. The van der Waals surface area contributed by atoms with Gasteiger partial charge in [0.1, 0.15) is 0 Å². The van der Waals surface area contributed by atoms with Gasteiger partial charge in [-0.25, -0.2) is 0 Å². The summed E-state index contributed by atoms with van der Waals surface area (Å²) >= 11 is 0. The maximum atomic E-state index is 9.70. The van der Waals surface area contributed by atoms with Crippen LogP contribution < -0.4 is 0 Å². The largest absolute Gasteiger partial charge is 0.481 e. The van der Waals surface area contributed by atoms with Crippen LogP contribution in [0.15, 0.2) is 13.2 Å². The van der Waals surface area contributed by atoms with Gasteiger partial charge in [0, 0.05) is 0 Å². The third-order valence-electron chi connectivity index (χ3n) is 0.494. The molecule has 2 heteroatoms. The van der Waals surface area contributed by atoms with Gasteiger partial charge in [-0.2, -0.15) is 0 Å². The summed E-state index contributed by atoms with van der Waals surface area (Å²) in [5.41, 5.74) is 0. The molecule has 0 unspecified atom stereocenters. The normalized spacial score (nSPS) is 7.38. The van der Waals surface area contributed by atoms with Crippen LogP contribution in [0.4, 0.5) is 0 Å². The lowest BCUT2D eigenvalue weighted by atomic mass is 10.2. The lowest BCUT2D eigenvalue weighted by molar-refractivity contribution is -0.140. The van der Waals surface area contributed by atoms with Crippen LogP contribution in [0.25, 0.3) is 0 Å². The van der Waals surface area contributed by atoms with Crippen molar-refractivity contribution in [3.05, 3.63) is 13.2 Å². The number of hydrogen-bond donors (Lipinski definition) is 1. The summed E-state index contributed by atoms with van der Waals surface area (Å²) in [6, 6.07) is 0. The summed E-state index contributed by atoms with van der Waals surface area (Å²) in [7, 11) is 0. The van der Waals surface area contributed by atoms with E-state index in [0.29, 0.717) is 0 Å². The lowest BCUT2D eigenvalue weighted by Gasteiger charge is -1.89. The van der Waals surface area contributed by atoms with E-state index in [0.717, 1.165) is 0 Å². The van der Waals surface area contributed by atoms with Gasteiger partial charge in [-0.15, -0.1) is 13.2 Å². The molecule has 0 radical (unpaired) electrons. The van der Waals surface area contributed by atoms with Crippen molar-refractivity contribution < 1.29 is 9.90 Å². The molecule has 0 saturated carbocycles. The summed E-state index contributed by atoms with van der Waals surface area (Å²) < 4.78 is 0. The molecule has 1 N–H and O–H groups in total. The minimum absolute atomic E-state index is 0.231. The highest BCUT2D eigenvalue weighted by molar-refractivity contribution is 5.68. The van der Waals surface area contributed by atoms with E-state index < -0.39 is 5.97 Å². The van der Waals surface area contributed by atoms with Crippen LogP contribution in [0.2, 0.25) is 0 Å². The van der Waals surface area contributed by atoms with Gasteiger partial charge in [-0.1, -0.05) is 13.8 Å². The first-order valence-corrected chi connectivity index (χ1v) is 2.37. The van der Waals surface area contributed by atoms with Crippen molar-refractivity contribution in [1.29, 1.82) is 0 Å². The van der Waals surface area contributed by atoms with E-state index in [-0.39, 0.29) is 5.92 Å². The van der Waals surface area contributed by atoms with Gasteiger partial charge in [0.25, 0.3) is 0 Å². The molecule has 0 aromatic heterocycles. The van der Waals surface area contributed by atoms with Crippen LogP contribution in [-0.2, 0) is 4.79 Å². The van der Waals surface area contributed by atoms with Gasteiger partial charge in [-0.3, -0.25) is 4.79 Å². The van der Waals surface area contributed by atoms with E-state index in [4.69, 9.17) is 5.11 Å². The summed E-state index contributed by atoms with van der Waals surface area (Å²) in [4.78, 5) is 9.70. The summed E-state index contributed by atoms with van der Waals surface area (Å²) in [5.74, 6) is -0.972. The number of hydrogen-bond acceptors (Lipinski definition) is 1. The summed E-state index contributed by atoms with van der Waals surface area (Å²) in [5, 5.41) is 7.99. The number of carboxylic acid groups (broad SMARTS) is 1. The quantitative estimate of drug-likeness (QED) is 0.527. The molecule has 48 valence electrons. The van der Waals surface area contributed by atoms with Gasteiger partial charge in [0.05, 0.1) is 5.92 Å². The number of rotatable bonds is 1. The molecule has 0 aliphatic heterocycles. The molecule has 0 aromatic rings. The Hall–Kier alpha value is -0.790. The molecule has 0 rings (SSSR count). The lowest BCUT2D eigenvalue weighted by Crippen LogP contribution is -2.03. The van der Waals surface area contributed by atoms with Gasteiger partial charge in [0.15, 0.2) is 0 Å². The average molecular weight is 116 g/mol. The summed E-state index contributed by atoms with van der Waals surface area (Å²) in [6.07, 6.45) is 0. The van der Waals surface area contributed by atoms with Gasteiger partial charge < -0.3 is 5.11 Å². The number of aliphatic carboxylic acids is 1. The van der Waals surface area contributed by atoms with Crippen LogP contribution in [-0.4, -0.2) is 11.1 Å². The highest BCUT2D eigenvalue weighted by Crippen LogP contribution is 1.87. The second-order valence-corrected chi connectivity index (χ2v) is 1.49. The van der Waals surface area contributed by atoms with E-state index in [1.165, 1.54) is 0 Å². The predicted octanol–water partition coefficient (Wildman–Crippen LogP) is 1.53. The van der Waals surface area contributed by atoms with E-state index in [1.54, 1.807) is 13.8 Å². The van der Waals surface area contributed by atoms with Gasteiger partial charge in [-0.05, 0) is 0 Å². The first-order chi connectivity index (χ1) is 3.64. The molecular formula is C6H12O2. The molecule has 0 spiro atoms. The Morgan fingerprint density at radius 3 is 1.62 bits per heavy atom. The van der Waals surface area contributed by atoms with Crippen LogP contribution in [0.5, 0.6) is 0 Å². The minimum atomic E-state index is -0.741. The average Bonchev–Trinajstić information content (AvgIpc) is 1.72. The van der Waals surface area contributed by atoms with Crippen molar-refractivity contribution >= 4 is 5.97 Å². The van der Waals surface area contributed by atoms with E-state index >= 15 is 0 Å². The van der Waals surface area contributed by atoms with Crippen molar-refractivity contribution in [2.75, 3.05) is 0 Å². The third kappa shape index (κ3) is 8.96. The Morgan fingerprint density at radius 1 is 1.50 bits per heavy atom. The van der Waals surface area contributed by atoms with Crippen LogP contribution in [0.3, 0.4) is 0 Å². The molecule has 2 nitrogen and oxygen atoms in total. The Kier molecular flexibility index (Phi) is 7.95. The molecular weight excluding hydrogens is 104 g/mol. The van der Waals surface area contributed by atoms with E-state index in [2.05, 4.69) is 13.2 Å². The highest BCUT2D eigenvalue weighted by Gasteiger charge is 1.99. The molecule has 0 atom stereocenters. The predicted molar refractivity (Wildman–Crippen MR) is 33.7 cm³/mol. The van der Waals surface area contributed by atoms with Crippen molar-refractivity contribution in [2.24, 2.45) is 5.92 Å². The fraction of sp³-hybridized carbons (Fsp3) is 0.500. The smallest absolute Gasteiger partial charge is 0.305 e. The van der Waals surface area contributed by atoms with Crippen LogP contribution >= 0.6 is 0 Å². The number of carbonyl (C=O) groups is 1. The second-order valence-electron chi connectivity index (χ2n) is 1.49. The van der Waals surface area contributed by atoms with E-state index in [1.807, 2.05) is 0 Å². The molecule has 0 aromatic carbocycles. The van der Waals surface area contributed by atoms with Gasteiger partial charge in [0.2, 0.25) is 0 Å². The van der Waals surface area contributed by atoms with Crippen LogP contribution in [0.1, 0.15) is 13.8 Å². The Bertz CT molecular complexity index is 66.9. The first kappa shape index (κ1) is 10.2. The van der Waals surface area contributed by atoms with Crippen molar-refractivity contribution in [1.82, 2.24) is 0 Å². The zero-order chi connectivity index (χ0) is 7.15. The summed E-state index contributed by atoms with van der Waals surface area (Å²) in [6.45, 7) is 9.28. The first-order valence-electron chi connectivity index (χ1n) is 2.37. The maximum absolute atomic E-state index is 9.70.